The van der Waals surface area contributed by atoms with Crippen molar-refractivity contribution in [3.63, 3.8) is 0 Å². The fourth-order valence-corrected chi connectivity index (χ4v) is 2.86. The van der Waals surface area contributed by atoms with Gasteiger partial charge in [-0.1, -0.05) is 17.8 Å². The van der Waals surface area contributed by atoms with Gasteiger partial charge in [0.2, 0.25) is 0 Å². The predicted molar refractivity (Wildman–Crippen MR) is 82.8 cm³/mol. The zero-order chi connectivity index (χ0) is 15.6. The van der Waals surface area contributed by atoms with E-state index in [-0.39, 0.29) is 6.04 Å². The minimum absolute atomic E-state index is 0.115. The van der Waals surface area contributed by atoms with E-state index < -0.39 is 11.1 Å². The van der Waals surface area contributed by atoms with Crippen LogP contribution in [-0.2, 0) is 13.5 Å². The van der Waals surface area contributed by atoms with Crippen molar-refractivity contribution in [2.45, 2.75) is 36.4 Å². The Morgan fingerprint density at radius 3 is 2.76 bits per heavy atom. The molecule has 0 aliphatic carbocycles. The number of rotatable bonds is 4. The number of H-pyrrole nitrogens is 1. The molecule has 0 aliphatic rings. The van der Waals surface area contributed by atoms with E-state index in [2.05, 4.69) is 10.1 Å². The van der Waals surface area contributed by atoms with Crippen molar-refractivity contribution in [3.05, 3.63) is 50.0 Å². The molecule has 0 fully saturated rings. The molecule has 6 nitrogen and oxygen atoms in total. The van der Waals surface area contributed by atoms with Crippen molar-refractivity contribution in [2.24, 2.45) is 12.8 Å². The van der Waals surface area contributed by atoms with Gasteiger partial charge >= 0.3 is 11.1 Å². The summed E-state index contributed by atoms with van der Waals surface area (Å²) in [6.07, 6.45) is 0.826. The van der Waals surface area contributed by atoms with E-state index >= 15 is 0 Å². The molecule has 0 radical (unpaired) electrons. The summed E-state index contributed by atoms with van der Waals surface area (Å²) < 4.78 is 1.44. The van der Waals surface area contributed by atoms with E-state index in [0.717, 1.165) is 16.9 Å². The SMILES string of the molecule is Cc1cc(Sc2nc(=O)c(=O)[nH]n2C)ccc1CC(C)N. The molecule has 2 rings (SSSR count). The van der Waals surface area contributed by atoms with Crippen molar-refractivity contribution in [2.75, 3.05) is 0 Å². The Morgan fingerprint density at radius 2 is 2.14 bits per heavy atom. The fourth-order valence-electron chi connectivity index (χ4n) is 1.97. The standard InChI is InChI=1S/C14H18N4O2S/c1-8-6-11(5-4-10(8)7-9(2)15)21-14-16-12(19)13(20)17-18(14)3/h4-6,9H,7,15H2,1-3H3,(H,17,20). The molecule has 0 saturated heterocycles. The van der Waals surface area contributed by atoms with Gasteiger partial charge in [-0.3, -0.25) is 19.4 Å². The van der Waals surface area contributed by atoms with Crippen LogP contribution in [0.4, 0.5) is 0 Å². The van der Waals surface area contributed by atoms with E-state index in [9.17, 15) is 9.59 Å². The highest BCUT2D eigenvalue weighted by molar-refractivity contribution is 7.99. The third-order valence-corrected chi connectivity index (χ3v) is 4.05. The molecule has 0 aliphatic heterocycles. The van der Waals surface area contributed by atoms with Crippen LogP contribution in [0.5, 0.6) is 0 Å². The van der Waals surface area contributed by atoms with Crippen molar-refractivity contribution in [1.82, 2.24) is 14.8 Å². The first-order valence-electron chi connectivity index (χ1n) is 6.57. The van der Waals surface area contributed by atoms with E-state index in [1.54, 1.807) is 7.05 Å². The zero-order valence-electron chi connectivity index (χ0n) is 12.2. The quantitative estimate of drug-likeness (QED) is 0.816. The number of nitrogens with zero attached hydrogens (tertiary/aromatic N) is 2. The second kappa shape index (κ2) is 6.28. The van der Waals surface area contributed by atoms with Gasteiger partial charge in [-0.15, -0.1) is 0 Å². The molecule has 0 amide bonds. The molecule has 112 valence electrons. The first-order chi connectivity index (χ1) is 9.86. The number of benzene rings is 1. The van der Waals surface area contributed by atoms with E-state index in [4.69, 9.17) is 5.73 Å². The maximum Gasteiger partial charge on any atom is 0.339 e. The summed E-state index contributed by atoms with van der Waals surface area (Å²) in [4.78, 5) is 27.2. The van der Waals surface area contributed by atoms with Gasteiger partial charge < -0.3 is 5.73 Å². The lowest BCUT2D eigenvalue weighted by Gasteiger charge is -2.11. The molecule has 0 saturated carbocycles. The number of aromatic amines is 1. The molecule has 21 heavy (non-hydrogen) atoms. The smallest absolute Gasteiger partial charge is 0.328 e. The number of hydrogen-bond acceptors (Lipinski definition) is 5. The van der Waals surface area contributed by atoms with Crippen molar-refractivity contribution >= 4 is 11.8 Å². The highest BCUT2D eigenvalue weighted by Crippen LogP contribution is 2.26. The highest BCUT2D eigenvalue weighted by atomic mass is 32.2. The molecular formula is C14H18N4O2S. The first kappa shape index (κ1) is 15.5. The highest BCUT2D eigenvalue weighted by Gasteiger charge is 2.08. The lowest BCUT2D eigenvalue weighted by atomic mass is 10.0. The topological polar surface area (TPSA) is 93.8 Å². The van der Waals surface area contributed by atoms with Gasteiger partial charge in [0.25, 0.3) is 0 Å². The normalized spacial score (nSPS) is 12.4. The van der Waals surface area contributed by atoms with Gasteiger partial charge in [-0.05, 0) is 43.5 Å². The van der Waals surface area contributed by atoms with Crippen LogP contribution >= 0.6 is 11.8 Å². The minimum atomic E-state index is -0.777. The third-order valence-electron chi connectivity index (χ3n) is 3.01. The minimum Gasteiger partial charge on any atom is -0.328 e. The average molecular weight is 306 g/mol. The molecule has 1 heterocycles. The second-order valence-electron chi connectivity index (χ2n) is 5.07. The number of aryl methyl sites for hydroxylation is 2. The largest absolute Gasteiger partial charge is 0.339 e. The number of nitrogens with one attached hydrogen (secondary N) is 1. The van der Waals surface area contributed by atoms with Crippen LogP contribution in [0.3, 0.4) is 0 Å². The van der Waals surface area contributed by atoms with Gasteiger partial charge in [-0.25, -0.2) is 0 Å². The van der Waals surface area contributed by atoms with Crippen LogP contribution in [0.2, 0.25) is 0 Å². The first-order valence-corrected chi connectivity index (χ1v) is 7.39. The molecule has 0 spiro atoms. The lowest BCUT2D eigenvalue weighted by molar-refractivity contribution is 0.596. The summed E-state index contributed by atoms with van der Waals surface area (Å²) >= 11 is 1.33. The summed E-state index contributed by atoms with van der Waals surface area (Å²) in [7, 11) is 1.65. The van der Waals surface area contributed by atoms with E-state index in [0.29, 0.717) is 5.16 Å². The number of aromatic nitrogens is 3. The Balaban J connectivity index is 2.28. The van der Waals surface area contributed by atoms with Crippen molar-refractivity contribution in [1.29, 1.82) is 0 Å². The molecule has 0 bridgehead atoms. The van der Waals surface area contributed by atoms with Gasteiger partial charge in [-0.2, -0.15) is 4.98 Å². The summed E-state index contributed by atoms with van der Waals surface area (Å²) in [6.45, 7) is 4.00. The molecule has 1 aromatic carbocycles. The third kappa shape index (κ3) is 3.83. The van der Waals surface area contributed by atoms with Crippen LogP contribution in [-0.4, -0.2) is 20.8 Å². The predicted octanol–water partition coefficient (Wildman–Crippen LogP) is 0.818. The summed E-state index contributed by atoms with van der Waals surface area (Å²) in [6, 6.07) is 6.14. The Hall–Kier alpha value is -1.86. The van der Waals surface area contributed by atoms with Crippen LogP contribution in [0, 0.1) is 6.92 Å². The second-order valence-corrected chi connectivity index (χ2v) is 6.11. The molecular weight excluding hydrogens is 288 g/mol. The summed E-state index contributed by atoms with van der Waals surface area (Å²) in [5.74, 6) is 0. The molecule has 1 atom stereocenters. The zero-order valence-corrected chi connectivity index (χ0v) is 13.0. The van der Waals surface area contributed by atoms with Gasteiger partial charge in [0.05, 0.1) is 0 Å². The van der Waals surface area contributed by atoms with Crippen LogP contribution in [0.15, 0.2) is 37.8 Å². The van der Waals surface area contributed by atoms with Crippen molar-refractivity contribution < 1.29 is 0 Å². The van der Waals surface area contributed by atoms with Gasteiger partial charge in [0, 0.05) is 18.0 Å². The molecule has 7 heteroatoms. The van der Waals surface area contributed by atoms with Crippen LogP contribution < -0.4 is 16.9 Å². The van der Waals surface area contributed by atoms with E-state index in [1.165, 1.54) is 22.0 Å². The molecule has 2 aromatic rings. The Morgan fingerprint density at radius 1 is 1.43 bits per heavy atom. The van der Waals surface area contributed by atoms with Crippen LogP contribution in [0.25, 0.3) is 0 Å². The Bertz CT molecular complexity index is 764. The molecule has 1 aromatic heterocycles. The molecule has 3 N–H and O–H groups in total. The molecule has 1 unspecified atom stereocenters. The lowest BCUT2D eigenvalue weighted by Crippen LogP contribution is -2.33. The Labute approximate surface area is 126 Å². The summed E-state index contributed by atoms with van der Waals surface area (Å²) in [5.41, 5.74) is 6.68. The average Bonchev–Trinajstić information content (AvgIpc) is 2.39. The maximum absolute atomic E-state index is 11.3. The number of hydrogen-bond donors (Lipinski definition) is 2. The van der Waals surface area contributed by atoms with Gasteiger partial charge in [0.1, 0.15) is 0 Å². The maximum atomic E-state index is 11.3. The van der Waals surface area contributed by atoms with E-state index in [1.807, 2.05) is 32.0 Å². The monoisotopic (exact) mass is 306 g/mol. The fraction of sp³-hybridized carbons (Fsp3) is 0.357. The Kier molecular flexibility index (Phi) is 4.64. The van der Waals surface area contributed by atoms with Gasteiger partial charge in [0.15, 0.2) is 5.16 Å². The van der Waals surface area contributed by atoms with Crippen molar-refractivity contribution in [3.8, 4) is 0 Å². The van der Waals surface area contributed by atoms with Crippen LogP contribution in [0.1, 0.15) is 18.1 Å². The summed E-state index contributed by atoms with van der Waals surface area (Å²) in [5, 5.41) is 2.87. The number of nitrogens with two attached hydrogens (primary N) is 1.